The predicted molar refractivity (Wildman–Crippen MR) is 92.9 cm³/mol. The average Bonchev–Trinajstić information content (AvgIpc) is 3.06. The highest BCUT2D eigenvalue weighted by molar-refractivity contribution is 7.14. The van der Waals surface area contributed by atoms with Gasteiger partial charge in [-0.1, -0.05) is 32.1 Å². The van der Waals surface area contributed by atoms with Crippen molar-refractivity contribution < 1.29 is 19.1 Å². The lowest BCUT2D eigenvalue weighted by molar-refractivity contribution is -0.142. The molecular formula is C18H25NO4S. The average molecular weight is 351 g/mol. The van der Waals surface area contributed by atoms with Crippen LogP contribution in [-0.2, 0) is 20.9 Å². The Hall–Kier alpha value is -1.69. The van der Waals surface area contributed by atoms with Crippen LogP contribution in [0.5, 0.6) is 0 Å². The van der Waals surface area contributed by atoms with Crippen LogP contribution in [0.1, 0.15) is 66.4 Å². The molecule has 0 spiro atoms. The molecule has 2 rings (SSSR count). The van der Waals surface area contributed by atoms with E-state index in [1.165, 1.54) is 50.4 Å². The van der Waals surface area contributed by atoms with Gasteiger partial charge in [-0.3, -0.25) is 14.4 Å². The quantitative estimate of drug-likeness (QED) is 0.575. The van der Waals surface area contributed by atoms with Crippen LogP contribution in [0, 0.1) is 5.92 Å². The third-order valence-corrected chi connectivity index (χ3v) is 5.42. The summed E-state index contributed by atoms with van der Waals surface area (Å²) < 4.78 is 5.11. The van der Waals surface area contributed by atoms with Crippen LogP contribution in [0.2, 0.25) is 0 Å². The first kappa shape index (κ1) is 18.6. The van der Waals surface area contributed by atoms with E-state index in [0.29, 0.717) is 23.8 Å². The number of thiophene rings is 1. The van der Waals surface area contributed by atoms with E-state index in [-0.39, 0.29) is 24.3 Å². The number of ether oxygens (including phenoxy) is 1. The Balaban J connectivity index is 1.68. The fraction of sp³-hybridized carbons (Fsp3) is 0.611. The molecule has 1 amide bonds. The smallest absolute Gasteiger partial charge is 0.306 e. The lowest BCUT2D eigenvalue weighted by Crippen LogP contribution is -2.18. The number of Topliss-reactive ketones (excluding diaryl/α,β-unsaturated/α-hetero) is 1. The molecule has 1 aromatic heterocycles. The molecule has 1 aliphatic carbocycles. The summed E-state index contributed by atoms with van der Waals surface area (Å²) in [6, 6.07) is 3.51. The van der Waals surface area contributed by atoms with E-state index < -0.39 is 0 Å². The minimum absolute atomic E-state index is 0.108. The summed E-state index contributed by atoms with van der Waals surface area (Å²) in [6.07, 6.45) is 7.51. The Morgan fingerprint density at radius 2 is 1.96 bits per heavy atom. The van der Waals surface area contributed by atoms with Crippen molar-refractivity contribution >= 4 is 29.0 Å². The van der Waals surface area contributed by atoms with Crippen LogP contribution in [0.4, 0.5) is 0 Å². The first-order valence-corrected chi connectivity index (χ1v) is 9.38. The molecule has 0 aliphatic heterocycles. The van der Waals surface area contributed by atoms with E-state index in [4.69, 9.17) is 4.74 Å². The molecule has 6 heteroatoms. The van der Waals surface area contributed by atoms with E-state index in [1.54, 1.807) is 12.1 Å². The third kappa shape index (κ3) is 6.43. The lowest BCUT2D eigenvalue weighted by atomic mass is 9.86. The summed E-state index contributed by atoms with van der Waals surface area (Å²) >= 11 is 1.32. The molecule has 24 heavy (non-hydrogen) atoms. The maximum Gasteiger partial charge on any atom is 0.306 e. The predicted octanol–water partition coefficient (Wildman–Crippen LogP) is 3.47. The molecule has 0 radical (unpaired) electrons. The normalized spacial score (nSPS) is 15.0. The van der Waals surface area contributed by atoms with Gasteiger partial charge in [0.15, 0.2) is 6.61 Å². The molecule has 0 bridgehead atoms. The Labute approximate surface area is 146 Å². The summed E-state index contributed by atoms with van der Waals surface area (Å²) in [4.78, 5) is 36.2. The van der Waals surface area contributed by atoms with E-state index in [2.05, 4.69) is 5.32 Å². The Kier molecular flexibility index (Phi) is 7.43. The fourth-order valence-corrected chi connectivity index (χ4v) is 3.79. The molecule has 1 N–H and O–H groups in total. The summed E-state index contributed by atoms with van der Waals surface area (Å²) in [5.74, 6) is 0.0443. The molecule has 0 saturated heterocycles. The van der Waals surface area contributed by atoms with Gasteiger partial charge >= 0.3 is 5.97 Å². The molecule has 132 valence electrons. The Morgan fingerprint density at radius 1 is 1.21 bits per heavy atom. The second-order valence-corrected chi connectivity index (χ2v) is 7.47. The van der Waals surface area contributed by atoms with E-state index in [0.717, 1.165) is 11.3 Å². The van der Waals surface area contributed by atoms with Crippen molar-refractivity contribution in [1.82, 2.24) is 5.32 Å². The number of esters is 1. The van der Waals surface area contributed by atoms with Gasteiger partial charge in [-0.05, 0) is 24.5 Å². The molecule has 0 unspecified atom stereocenters. The first-order valence-electron chi connectivity index (χ1n) is 8.56. The van der Waals surface area contributed by atoms with Crippen LogP contribution in [-0.4, -0.2) is 24.3 Å². The maximum atomic E-state index is 12.1. The summed E-state index contributed by atoms with van der Waals surface area (Å²) in [5.41, 5.74) is 0. The lowest BCUT2D eigenvalue weighted by Gasteiger charge is -2.20. The van der Waals surface area contributed by atoms with Crippen LogP contribution >= 0.6 is 11.3 Å². The highest BCUT2D eigenvalue weighted by Crippen LogP contribution is 2.27. The van der Waals surface area contributed by atoms with Gasteiger partial charge in [0.1, 0.15) is 0 Å². The molecule has 5 nitrogen and oxygen atoms in total. The van der Waals surface area contributed by atoms with Crippen LogP contribution < -0.4 is 5.32 Å². The van der Waals surface area contributed by atoms with Crippen LogP contribution in [0.25, 0.3) is 0 Å². The van der Waals surface area contributed by atoms with Crippen LogP contribution in [0.3, 0.4) is 0 Å². The molecular weight excluding hydrogens is 326 g/mol. The minimum atomic E-state index is -0.288. The molecule has 0 aromatic carbocycles. The number of ketones is 1. The monoisotopic (exact) mass is 351 g/mol. The zero-order valence-electron chi connectivity index (χ0n) is 14.1. The second kappa shape index (κ2) is 9.57. The van der Waals surface area contributed by atoms with E-state index in [1.807, 2.05) is 0 Å². The van der Waals surface area contributed by atoms with Gasteiger partial charge in [-0.15, -0.1) is 11.3 Å². The number of nitrogens with one attached hydrogen (secondary N) is 1. The van der Waals surface area contributed by atoms with E-state index >= 15 is 0 Å². The van der Waals surface area contributed by atoms with Crippen LogP contribution in [0.15, 0.2) is 12.1 Å². The molecule has 1 aliphatic rings. The van der Waals surface area contributed by atoms with Gasteiger partial charge in [0.2, 0.25) is 11.7 Å². The Bertz CT molecular complexity index is 575. The van der Waals surface area contributed by atoms with Gasteiger partial charge in [0.25, 0.3) is 0 Å². The fourth-order valence-electron chi connectivity index (χ4n) is 2.92. The van der Waals surface area contributed by atoms with Crippen molar-refractivity contribution in [1.29, 1.82) is 0 Å². The zero-order chi connectivity index (χ0) is 17.4. The van der Waals surface area contributed by atoms with Gasteiger partial charge in [-0.2, -0.15) is 0 Å². The van der Waals surface area contributed by atoms with Crippen molar-refractivity contribution in [2.24, 2.45) is 5.92 Å². The van der Waals surface area contributed by atoms with Crippen molar-refractivity contribution in [3.8, 4) is 0 Å². The van der Waals surface area contributed by atoms with Gasteiger partial charge in [0.05, 0.1) is 11.4 Å². The summed E-state index contributed by atoms with van der Waals surface area (Å²) in [5, 5.41) is 2.69. The van der Waals surface area contributed by atoms with Crippen molar-refractivity contribution in [3.63, 3.8) is 0 Å². The minimum Gasteiger partial charge on any atom is -0.457 e. The van der Waals surface area contributed by atoms with Crippen molar-refractivity contribution in [3.05, 3.63) is 21.9 Å². The third-order valence-electron chi connectivity index (χ3n) is 4.29. The van der Waals surface area contributed by atoms with Gasteiger partial charge < -0.3 is 10.1 Å². The Morgan fingerprint density at radius 3 is 2.67 bits per heavy atom. The number of carbonyl (C=O) groups excluding carboxylic acids is 3. The van der Waals surface area contributed by atoms with Gasteiger partial charge in [0, 0.05) is 18.2 Å². The van der Waals surface area contributed by atoms with Gasteiger partial charge in [-0.25, -0.2) is 0 Å². The highest BCUT2D eigenvalue weighted by Gasteiger charge is 2.17. The SMILES string of the molecule is CC(=O)NCc1ccc(C(=O)COC(=O)CCC2CCCCC2)s1. The summed E-state index contributed by atoms with van der Waals surface area (Å²) in [6.45, 7) is 1.66. The summed E-state index contributed by atoms with van der Waals surface area (Å²) in [7, 11) is 0. The second-order valence-electron chi connectivity index (χ2n) is 6.30. The number of rotatable bonds is 8. The topological polar surface area (TPSA) is 72.5 Å². The molecule has 1 fully saturated rings. The molecule has 1 saturated carbocycles. The first-order chi connectivity index (χ1) is 11.5. The van der Waals surface area contributed by atoms with Crippen molar-refractivity contribution in [2.45, 2.75) is 58.4 Å². The highest BCUT2D eigenvalue weighted by atomic mass is 32.1. The number of carbonyl (C=O) groups is 3. The van der Waals surface area contributed by atoms with Crippen molar-refractivity contribution in [2.75, 3.05) is 6.61 Å². The number of amides is 1. The zero-order valence-corrected chi connectivity index (χ0v) is 15.0. The standard InChI is InChI=1S/C18H25NO4S/c1-13(20)19-11-15-8-9-17(24-15)16(21)12-23-18(22)10-7-14-5-3-2-4-6-14/h8-9,14H,2-7,10-12H2,1H3,(H,19,20). The van der Waals surface area contributed by atoms with E-state index in [9.17, 15) is 14.4 Å². The molecule has 0 atom stereocenters. The number of hydrogen-bond donors (Lipinski definition) is 1. The molecule has 1 aromatic rings. The maximum absolute atomic E-state index is 12.1. The molecule has 1 heterocycles. The number of hydrogen-bond acceptors (Lipinski definition) is 5. The largest absolute Gasteiger partial charge is 0.457 e.